The molecule has 0 aromatic heterocycles. The van der Waals surface area contributed by atoms with Crippen LogP contribution in [-0.4, -0.2) is 36.2 Å². The predicted molar refractivity (Wildman–Crippen MR) is 158 cm³/mol. The molecule has 2 N–H and O–H groups in total. The topological polar surface area (TPSA) is 93.7 Å². The molecule has 1 atom stereocenters. The normalized spacial score (nSPS) is 15.5. The SMILES string of the molecule is CC(C)(C)OC(=O)N[C@H](/C=C1\CCCOC1=O)CCC(=O)NC(c1ccccc1)(c1ccccc1)c1ccccc1. The van der Waals surface area contributed by atoms with Crippen molar-refractivity contribution in [2.24, 2.45) is 0 Å². The molecule has 0 unspecified atom stereocenters. The van der Waals surface area contributed by atoms with Crippen LogP contribution in [0.5, 0.6) is 0 Å². The summed E-state index contributed by atoms with van der Waals surface area (Å²) in [5.41, 5.74) is 1.61. The fraction of sp³-hybridized carbons (Fsp3) is 0.324. The predicted octanol–water partition coefficient (Wildman–Crippen LogP) is 6.03. The fourth-order valence-corrected chi connectivity index (χ4v) is 5.01. The van der Waals surface area contributed by atoms with Crippen molar-refractivity contribution in [1.29, 1.82) is 0 Å². The zero-order valence-electron chi connectivity index (χ0n) is 23.9. The van der Waals surface area contributed by atoms with E-state index in [0.717, 1.165) is 16.7 Å². The summed E-state index contributed by atoms with van der Waals surface area (Å²) >= 11 is 0. The molecule has 0 bridgehead atoms. The maximum absolute atomic E-state index is 13.8. The molecular formula is C34H38N2O5. The molecule has 41 heavy (non-hydrogen) atoms. The highest BCUT2D eigenvalue weighted by Gasteiger charge is 2.38. The average Bonchev–Trinajstić information content (AvgIpc) is 2.96. The van der Waals surface area contributed by atoms with E-state index in [-0.39, 0.29) is 18.7 Å². The zero-order valence-corrected chi connectivity index (χ0v) is 23.9. The molecule has 0 aliphatic carbocycles. The highest BCUT2D eigenvalue weighted by Crippen LogP contribution is 2.37. The van der Waals surface area contributed by atoms with Crippen molar-refractivity contribution in [2.45, 2.75) is 63.6 Å². The zero-order chi connectivity index (χ0) is 29.3. The van der Waals surface area contributed by atoms with Gasteiger partial charge in [-0.1, -0.05) is 97.1 Å². The number of carbonyl (C=O) groups excluding carboxylic acids is 3. The molecule has 4 rings (SSSR count). The first-order valence-electron chi connectivity index (χ1n) is 14.0. The van der Waals surface area contributed by atoms with Gasteiger partial charge in [-0.15, -0.1) is 0 Å². The Hall–Kier alpha value is -4.39. The molecule has 7 nitrogen and oxygen atoms in total. The Bertz CT molecular complexity index is 1250. The second-order valence-electron chi connectivity index (χ2n) is 11.1. The summed E-state index contributed by atoms with van der Waals surface area (Å²) in [4.78, 5) is 38.8. The van der Waals surface area contributed by atoms with Crippen molar-refractivity contribution in [3.8, 4) is 0 Å². The highest BCUT2D eigenvalue weighted by atomic mass is 16.6. The summed E-state index contributed by atoms with van der Waals surface area (Å²) < 4.78 is 10.6. The Labute approximate surface area is 242 Å². The fourth-order valence-electron chi connectivity index (χ4n) is 5.01. The van der Waals surface area contributed by atoms with Crippen molar-refractivity contribution >= 4 is 18.0 Å². The van der Waals surface area contributed by atoms with E-state index >= 15 is 0 Å². The third-order valence-corrected chi connectivity index (χ3v) is 6.82. The maximum Gasteiger partial charge on any atom is 0.408 e. The van der Waals surface area contributed by atoms with Crippen LogP contribution in [0, 0.1) is 0 Å². The van der Waals surface area contributed by atoms with Crippen LogP contribution in [0.3, 0.4) is 0 Å². The number of esters is 1. The summed E-state index contributed by atoms with van der Waals surface area (Å²) in [5.74, 6) is -0.602. The van der Waals surface area contributed by atoms with Gasteiger partial charge in [0.2, 0.25) is 5.91 Å². The number of benzene rings is 3. The average molecular weight is 555 g/mol. The molecule has 1 saturated heterocycles. The number of cyclic esters (lactones) is 1. The van der Waals surface area contributed by atoms with Crippen LogP contribution >= 0.6 is 0 Å². The Morgan fingerprint density at radius 3 is 1.85 bits per heavy atom. The smallest absolute Gasteiger partial charge is 0.408 e. The monoisotopic (exact) mass is 554 g/mol. The molecule has 0 radical (unpaired) electrons. The van der Waals surface area contributed by atoms with E-state index < -0.39 is 29.2 Å². The molecule has 2 amide bonds. The van der Waals surface area contributed by atoms with Crippen LogP contribution < -0.4 is 10.6 Å². The maximum atomic E-state index is 13.8. The quantitative estimate of drug-likeness (QED) is 0.191. The molecule has 1 heterocycles. The molecule has 0 spiro atoms. The van der Waals surface area contributed by atoms with Gasteiger partial charge in [-0.25, -0.2) is 9.59 Å². The lowest BCUT2D eigenvalue weighted by Gasteiger charge is -2.37. The van der Waals surface area contributed by atoms with Crippen LogP contribution in [0.1, 0.15) is 63.1 Å². The first-order chi connectivity index (χ1) is 19.7. The molecule has 3 aromatic carbocycles. The van der Waals surface area contributed by atoms with E-state index in [1.807, 2.05) is 91.0 Å². The van der Waals surface area contributed by atoms with Crippen LogP contribution in [0.25, 0.3) is 0 Å². The van der Waals surface area contributed by atoms with Gasteiger partial charge in [-0.05, 0) is 56.7 Å². The molecule has 3 aromatic rings. The number of carbonyl (C=O) groups is 3. The van der Waals surface area contributed by atoms with Crippen molar-refractivity contribution in [3.05, 3.63) is 119 Å². The Kier molecular flexibility index (Phi) is 9.61. The summed E-state index contributed by atoms with van der Waals surface area (Å²) in [6.45, 7) is 5.72. The van der Waals surface area contributed by atoms with Gasteiger partial charge in [0, 0.05) is 12.0 Å². The van der Waals surface area contributed by atoms with Gasteiger partial charge >= 0.3 is 12.1 Å². The highest BCUT2D eigenvalue weighted by molar-refractivity contribution is 5.89. The van der Waals surface area contributed by atoms with E-state index in [1.165, 1.54) is 0 Å². The summed E-state index contributed by atoms with van der Waals surface area (Å²) in [6, 6.07) is 29.0. The van der Waals surface area contributed by atoms with Gasteiger partial charge in [0.15, 0.2) is 0 Å². The first kappa shape index (κ1) is 29.6. The van der Waals surface area contributed by atoms with E-state index in [4.69, 9.17) is 9.47 Å². The molecule has 0 saturated carbocycles. The van der Waals surface area contributed by atoms with Crippen LogP contribution in [-0.2, 0) is 24.6 Å². The Morgan fingerprint density at radius 1 is 0.878 bits per heavy atom. The number of rotatable bonds is 9. The van der Waals surface area contributed by atoms with Gasteiger partial charge in [-0.3, -0.25) is 4.79 Å². The standard InChI is InChI=1S/C34H38N2O5/c1-33(2,3)41-32(39)35-29(24-25-14-13-23-40-31(25)38)21-22-30(37)36-34(26-15-7-4-8-16-26,27-17-9-5-10-18-27)28-19-11-6-12-20-28/h4-12,15-20,24,29H,13-14,21-23H2,1-3H3,(H,35,39)(H,36,37)/b25-24+/t29-/m0/s1. The van der Waals surface area contributed by atoms with Crippen LogP contribution in [0.4, 0.5) is 4.79 Å². The van der Waals surface area contributed by atoms with Gasteiger partial charge in [-0.2, -0.15) is 0 Å². The number of nitrogens with one attached hydrogen (secondary N) is 2. The second-order valence-corrected chi connectivity index (χ2v) is 11.1. The molecule has 214 valence electrons. The van der Waals surface area contributed by atoms with E-state index in [2.05, 4.69) is 10.6 Å². The van der Waals surface area contributed by atoms with Gasteiger partial charge in [0.25, 0.3) is 0 Å². The van der Waals surface area contributed by atoms with Gasteiger partial charge in [0.05, 0.1) is 12.6 Å². The lowest BCUT2D eigenvalue weighted by molar-refractivity contribution is -0.141. The number of hydrogen-bond acceptors (Lipinski definition) is 5. The van der Waals surface area contributed by atoms with E-state index in [9.17, 15) is 14.4 Å². The third-order valence-electron chi connectivity index (χ3n) is 6.82. The molecule has 1 aliphatic rings. The molecule has 1 aliphatic heterocycles. The molecule has 7 heteroatoms. The van der Waals surface area contributed by atoms with Crippen molar-refractivity contribution in [3.63, 3.8) is 0 Å². The minimum atomic E-state index is -0.944. The van der Waals surface area contributed by atoms with Crippen molar-refractivity contribution < 1.29 is 23.9 Å². The number of alkyl carbamates (subject to hydrolysis) is 1. The van der Waals surface area contributed by atoms with Crippen molar-refractivity contribution in [1.82, 2.24) is 10.6 Å². The Morgan fingerprint density at radius 2 is 1.39 bits per heavy atom. The minimum Gasteiger partial charge on any atom is -0.462 e. The lowest BCUT2D eigenvalue weighted by atomic mass is 9.77. The largest absolute Gasteiger partial charge is 0.462 e. The third kappa shape index (κ3) is 7.84. The van der Waals surface area contributed by atoms with Gasteiger partial charge < -0.3 is 20.1 Å². The van der Waals surface area contributed by atoms with Crippen LogP contribution in [0.15, 0.2) is 103 Å². The molecular weight excluding hydrogens is 516 g/mol. The Balaban J connectivity index is 1.63. The number of amides is 2. The van der Waals surface area contributed by atoms with Gasteiger partial charge in [0.1, 0.15) is 11.1 Å². The minimum absolute atomic E-state index is 0.0908. The number of hydrogen-bond donors (Lipinski definition) is 2. The van der Waals surface area contributed by atoms with Crippen LogP contribution in [0.2, 0.25) is 0 Å². The summed E-state index contributed by atoms with van der Waals surface area (Å²) in [7, 11) is 0. The first-order valence-corrected chi connectivity index (χ1v) is 14.0. The number of ether oxygens (including phenoxy) is 2. The van der Waals surface area contributed by atoms with E-state index in [0.29, 0.717) is 25.0 Å². The lowest BCUT2D eigenvalue weighted by Crippen LogP contribution is -2.48. The van der Waals surface area contributed by atoms with Crippen molar-refractivity contribution in [2.75, 3.05) is 6.61 Å². The summed E-state index contributed by atoms with van der Waals surface area (Å²) in [5, 5.41) is 6.17. The van der Waals surface area contributed by atoms with E-state index in [1.54, 1.807) is 26.8 Å². The second kappa shape index (κ2) is 13.3. The molecule has 1 fully saturated rings. The summed E-state index contributed by atoms with van der Waals surface area (Å²) in [6.07, 6.45) is 2.69.